The Bertz CT molecular complexity index is 2460. The van der Waals surface area contributed by atoms with Gasteiger partial charge in [0.1, 0.15) is 0 Å². The van der Waals surface area contributed by atoms with Crippen LogP contribution in [0.2, 0.25) is 0 Å². The van der Waals surface area contributed by atoms with Crippen LogP contribution in [0.3, 0.4) is 0 Å². The molecule has 0 bridgehead atoms. The van der Waals surface area contributed by atoms with E-state index in [1.54, 1.807) is 5.57 Å². The third kappa shape index (κ3) is 3.52. The first-order valence-electron chi connectivity index (χ1n) is 17.6. The zero-order valence-electron chi connectivity index (χ0n) is 28.8. The molecule has 1 atom stereocenters. The fourth-order valence-corrected chi connectivity index (χ4v) is 9.73. The molecule has 3 heterocycles. The molecule has 0 fully saturated rings. The topological polar surface area (TPSA) is 3.24 Å². The summed E-state index contributed by atoms with van der Waals surface area (Å²) >= 11 is 0. The molecule has 0 spiro atoms. The standard InChI is InChI=1S/C47H41N/c1-45(2)36-16-11-17-37-42(36)48-43-38(45)24-34(32-20-18-28-12-7-9-14-30(28)22-32)26-40(43)47(5,6)41-27-35(25-39(44(41)48)46(37,3)4)33-21-19-29-13-8-10-15-31(29)23-33/h7-24,26-27,35H,25H2,1-6H3. The van der Waals surface area contributed by atoms with Crippen LogP contribution in [0.1, 0.15) is 81.7 Å². The molecule has 234 valence electrons. The fourth-order valence-electron chi connectivity index (χ4n) is 9.73. The average molecular weight is 620 g/mol. The van der Waals surface area contributed by atoms with Crippen molar-refractivity contribution >= 4 is 32.9 Å². The first-order valence-corrected chi connectivity index (χ1v) is 17.6. The van der Waals surface area contributed by atoms with Crippen LogP contribution in [0.5, 0.6) is 0 Å². The normalized spacial score (nSPS) is 20.5. The van der Waals surface area contributed by atoms with Crippen LogP contribution in [0.15, 0.2) is 138 Å². The zero-order chi connectivity index (χ0) is 32.7. The summed E-state index contributed by atoms with van der Waals surface area (Å²) in [6.07, 6.45) is 3.68. The van der Waals surface area contributed by atoms with Gasteiger partial charge in [0.05, 0.1) is 17.1 Å². The lowest BCUT2D eigenvalue weighted by molar-refractivity contribution is 0.505. The molecule has 6 aromatic carbocycles. The second-order valence-electron chi connectivity index (χ2n) is 16.2. The Hall–Kier alpha value is -4.88. The van der Waals surface area contributed by atoms with Crippen molar-refractivity contribution in [2.75, 3.05) is 4.90 Å². The number of para-hydroxylation sites is 1. The molecule has 4 aliphatic rings. The maximum atomic E-state index is 2.72. The quantitative estimate of drug-likeness (QED) is 0.186. The summed E-state index contributed by atoms with van der Waals surface area (Å²) in [5.74, 6) is 0.317. The van der Waals surface area contributed by atoms with Crippen molar-refractivity contribution in [1.29, 1.82) is 0 Å². The van der Waals surface area contributed by atoms with Gasteiger partial charge >= 0.3 is 0 Å². The number of rotatable bonds is 2. The molecule has 0 aromatic heterocycles. The van der Waals surface area contributed by atoms with Crippen molar-refractivity contribution in [2.45, 2.75) is 70.1 Å². The molecule has 1 unspecified atom stereocenters. The lowest BCUT2D eigenvalue weighted by atomic mass is 9.57. The van der Waals surface area contributed by atoms with E-state index >= 15 is 0 Å². The number of nitrogens with zero attached hydrogens (tertiary/aromatic N) is 1. The predicted molar refractivity (Wildman–Crippen MR) is 203 cm³/mol. The first-order chi connectivity index (χ1) is 23.0. The van der Waals surface area contributed by atoms with Crippen LogP contribution in [0, 0.1) is 0 Å². The summed E-state index contributed by atoms with van der Waals surface area (Å²) in [5, 5.41) is 5.20. The Morgan fingerprint density at radius 3 is 1.79 bits per heavy atom. The lowest BCUT2D eigenvalue weighted by Crippen LogP contribution is -2.48. The van der Waals surface area contributed by atoms with E-state index in [9.17, 15) is 0 Å². The number of hydrogen-bond acceptors (Lipinski definition) is 1. The highest BCUT2D eigenvalue weighted by atomic mass is 15.2. The van der Waals surface area contributed by atoms with Crippen LogP contribution in [0.25, 0.3) is 32.7 Å². The maximum Gasteiger partial charge on any atom is 0.0544 e. The molecule has 1 heteroatoms. The highest BCUT2D eigenvalue weighted by molar-refractivity contribution is 5.96. The lowest BCUT2D eigenvalue weighted by Gasteiger charge is -2.57. The maximum absolute atomic E-state index is 2.72. The molecule has 3 aliphatic heterocycles. The molecule has 48 heavy (non-hydrogen) atoms. The van der Waals surface area contributed by atoms with Crippen molar-refractivity contribution < 1.29 is 0 Å². The molecular formula is C47H41N. The van der Waals surface area contributed by atoms with Crippen LogP contribution < -0.4 is 4.90 Å². The largest absolute Gasteiger partial charge is 0.309 e. The number of benzene rings is 6. The summed E-state index contributed by atoms with van der Waals surface area (Å²) in [4.78, 5) is 2.72. The minimum absolute atomic E-state index is 0.0853. The number of hydrogen-bond donors (Lipinski definition) is 0. The van der Waals surface area contributed by atoms with Crippen LogP contribution in [0.4, 0.5) is 11.4 Å². The molecule has 1 aliphatic carbocycles. The smallest absolute Gasteiger partial charge is 0.0544 e. The summed E-state index contributed by atoms with van der Waals surface area (Å²) in [6, 6.07) is 43.8. The zero-order valence-corrected chi connectivity index (χ0v) is 28.8. The summed E-state index contributed by atoms with van der Waals surface area (Å²) in [7, 11) is 0. The minimum atomic E-state index is -0.181. The number of fused-ring (bicyclic) bond motifs is 2. The van der Waals surface area contributed by atoms with Crippen molar-refractivity contribution in [2.24, 2.45) is 0 Å². The van der Waals surface area contributed by atoms with Crippen molar-refractivity contribution in [1.82, 2.24) is 0 Å². The van der Waals surface area contributed by atoms with E-state index in [1.165, 1.54) is 83.1 Å². The Balaban J connectivity index is 1.27. The number of allylic oxidation sites excluding steroid dienone is 3. The summed E-state index contributed by atoms with van der Waals surface area (Å²) in [6.45, 7) is 14.8. The van der Waals surface area contributed by atoms with Gasteiger partial charge in [-0.2, -0.15) is 0 Å². The summed E-state index contributed by atoms with van der Waals surface area (Å²) in [5.41, 5.74) is 16.7. The van der Waals surface area contributed by atoms with E-state index in [-0.39, 0.29) is 16.2 Å². The Morgan fingerprint density at radius 2 is 1.08 bits per heavy atom. The molecular weight excluding hydrogens is 579 g/mol. The van der Waals surface area contributed by atoms with E-state index in [0.717, 1.165) is 6.42 Å². The molecule has 6 aromatic rings. The first kappa shape index (κ1) is 28.2. The van der Waals surface area contributed by atoms with Crippen molar-refractivity contribution in [3.8, 4) is 11.1 Å². The molecule has 0 N–H and O–H groups in total. The monoisotopic (exact) mass is 619 g/mol. The Labute approximate surface area is 284 Å². The SMILES string of the molecule is CC1(C)C2=CC(c3ccc4ccccc4c3)CC3=C2N2c4c1cc(-c1ccc5ccccc5c1)cc4C(C)(C)c1cccc(c12)C3(C)C. The number of anilines is 2. The van der Waals surface area contributed by atoms with E-state index in [1.807, 2.05) is 0 Å². The molecule has 10 rings (SSSR count). The van der Waals surface area contributed by atoms with Crippen LogP contribution in [-0.2, 0) is 16.2 Å². The van der Waals surface area contributed by atoms with Gasteiger partial charge in [0, 0.05) is 22.2 Å². The second kappa shape index (κ2) is 9.17. The van der Waals surface area contributed by atoms with Crippen molar-refractivity contribution in [3.63, 3.8) is 0 Å². The van der Waals surface area contributed by atoms with Crippen LogP contribution >= 0.6 is 0 Å². The third-order valence-corrected chi connectivity index (χ3v) is 12.6. The van der Waals surface area contributed by atoms with Gasteiger partial charge < -0.3 is 4.90 Å². The van der Waals surface area contributed by atoms with E-state index in [2.05, 4.69) is 168 Å². The minimum Gasteiger partial charge on any atom is -0.309 e. The van der Waals surface area contributed by atoms with Gasteiger partial charge in [-0.05, 0) is 96.3 Å². The Kier molecular flexibility index (Phi) is 5.38. The van der Waals surface area contributed by atoms with E-state index < -0.39 is 0 Å². The molecule has 0 radical (unpaired) electrons. The van der Waals surface area contributed by atoms with Crippen molar-refractivity contribution in [3.05, 3.63) is 166 Å². The molecule has 1 nitrogen and oxygen atoms in total. The Morgan fingerprint density at radius 1 is 0.500 bits per heavy atom. The van der Waals surface area contributed by atoms with Gasteiger partial charge in [0.2, 0.25) is 0 Å². The van der Waals surface area contributed by atoms with E-state index in [4.69, 9.17) is 0 Å². The predicted octanol–water partition coefficient (Wildman–Crippen LogP) is 12.4. The second-order valence-corrected chi connectivity index (χ2v) is 16.2. The van der Waals surface area contributed by atoms with Gasteiger partial charge in [-0.1, -0.05) is 145 Å². The van der Waals surface area contributed by atoms with Gasteiger partial charge in [-0.3, -0.25) is 0 Å². The van der Waals surface area contributed by atoms with E-state index in [0.29, 0.717) is 5.92 Å². The highest BCUT2D eigenvalue weighted by Gasteiger charge is 2.54. The van der Waals surface area contributed by atoms with Crippen LogP contribution in [-0.4, -0.2) is 0 Å². The fraction of sp³-hybridized carbons (Fsp3) is 0.234. The van der Waals surface area contributed by atoms with Gasteiger partial charge in [-0.15, -0.1) is 0 Å². The summed E-state index contributed by atoms with van der Waals surface area (Å²) < 4.78 is 0. The van der Waals surface area contributed by atoms with Gasteiger partial charge in [0.25, 0.3) is 0 Å². The average Bonchev–Trinajstić information content (AvgIpc) is 3.10. The molecule has 0 saturated heterocycles. The highest BCUT2D eigenvalue weighted by Crippen LogP contribution is 2.66. The van der Waals surface area contributed by atoms with Gasteiger partial charge in [-0.25, -0.2) is 0 Å². The molecule has 0 saturated carbocycles. The molecule has 0 amide bonds. The third-order valence-electron chi connectivity index (χ3n) is 12.6. The van der Waals surface area contributed by atoms with Gasteiger partial charge in [0.15, 0.2) is 0 Å².